The summed E-state index contributed by atoms with van der Waals surface area (Å²) in [5, 5.41) is 27.3. The normalized spacial score (nSPS) is 19.7. The molecule has 1 fully saturated rings. The van der Waals surface area contributed by atoms with Crippen molar-refractivity contribution in [1.29, 1.82) is 0 Å². The van der Waals surface area contributed by atoms with E-state index in [4.69, 9.17) is 4.74 Å². The molecular formula is C21H31N3O6. The molecule has 2 rings (SSSR count). The zero-order chi connectivity index (χ0) is 22.3. The summed E-state index contributed by atoms with van der Waals surface area (Å²) in [4.78, 5) is 38.0. The summed E-state index contributed by atoms with van der Waals surface area (Å²) in [6.45, 7) is 5.43. The van der Waals surface area contributed by atoms with Crippen LogP contribution in [0.5, 0.6) is 0 Å². The van der Waals surface area contributed by atoms with Crippen molar-refractivity contribution >= 4 is 23.3 Å². The number of ether oxygens (including phenoxy) is 1. The van der Waals surface area contributed by atoms with Crippen LogP contribution < -0.4 is 16.0 Å². The molecule has 1 saturated heterocycles. The van der Waals surface area contributed by atoms with E-state index in [1.165, 1.54) is 0 Å². The first-order chi connectivity index (χ1) is 14.3. The van der Waals surface area contributed by atoms with Gasteiger partial charge in [0.05, 0.1) is 25.9 Å². The number of Topliss-reactive ketones (excluding diaryl/α,β-unsaturated/α-hetero) is 1. The fourth-order valence-electron chi connectivity index (χ4n) is 3.10. The fourth-order valence-corrected chi connectivity index (χ4v) is 3.10. The molecule has 1 aliphatic heterocycles. The Labute approximate surface area is 176 Å². The van der Waals surface area contributed by atoms with Gasteiger partial charge in [-0.15, -0.1) is 0 Å². The number of hydrogen-bond acceptors (Lipinski definition) is 7. The summed E-state index contributed by atoms with van der Waals surface area (Å²) in [5.41, 5.74) is -0.172. The third-order valence-electron chi connectivity index (χ3n) is 4.85. The van der Waals surface area contributed by atoms with E-state index >= 15 is 0 Å². The molecule has 0 aliphatic carbocycles. The number of nitrogens with one attached hydrogen (secondary N) is 3. The lowest BCUT2D eigenvalue weighted by atomic mass is 9.92. The molecule has 1 aromatic rings. The Morgan fingerprint density at radius 2 is 1.87 bits per heavy atom. The third kappa shape index (κ3) is 6.01. The van der Waals surface area contributed by atoms with Crippen molar-refractivity contribution in [2.75, 3.05) is 31.7 Å². The number of hydrogen-bond donors (Lipinski definition) is 5. The topological polar surface area (TPSA) is 140 Å². The van der Waals surface area contributed by atoms with Gasteiger partial charge < -0.3 is 30.9 Å². The maximum Gasteiger partial charge on any atom is 0.252 e. The molecule has 5 N–H and O–H groups in total. The Kier molecular flexibility index (Phi) is 8.33. The van der Waals surface area contributed by atoms with Gasteiger partial charge >= 0.3 is 0 Å². The third-order valence-corrected chi connectivity index (χ3v) is 4.85. The summed E-state index contributed by atoms with van der Waals surface area (Å²) in [6, 6.07) is 4.65. The maximum atomic E-state index is 12.7. The summed E-state index contributed by atoms with van der Waals surface area (Å²) in [5.74, 6) is -1.52. The summed E-state index contributed by atoms with van der Waals surface area (Å²) in [6.07, 6.45) is 0.340. The Morgan fingerprint density at radius 3 is 2.40 bits per heavy atom. The number of rotatable bonds is 12. The van der Waals surface area contributed by atoms with Gasteiger partial charge in [-0.05, 0) is 37.5 Å². The van der Waals surface area contributed by atoms with Crippen molar-refractivity contribution in [2.45, 2.75) is 44.9 Å². The number of carbonyl (C=O) groups excluding carboxylic acids is 3. The fraction of sp³-hybridized carbons (Fsp3) is 0.571. The standard InChI is InChI=1S/C21H31N3O6/c1-4-22-15-7-5-6-14(9-15)19(28)24-17(10-25)20(29)23-16(8-13(2)3)18(27)21(11-26)12-30-21/h5-7,9,13,16-17,22,25-26H,4,8,10-12H2,1-3H3,(H,23,29)(H,24,28)/t16-,17-,21?/m0/s1. The van der Waals surface area contributed by atoms with Crippen LogP contribution in [0.2, 0.25) is 0 Å². The number of carbonyl (C=O) groups is 3. The number of ketones is 1. The highest BCUT2D eigenvalue weighted by molar-refractivity contribution is 6.00. The van der Waals surface area contributed by atoms with Gasteiger partial charge in [-0.3, -0.25) is 14.4 Å². The van der Waals surface area contributed by atoms with Crippen molar-refractivity contribution in [3.8, 4) is 0 Å². The Balaban J connectivity index is 2.07. The molecule has 166 valence electrons. The highest BCUT2D eigenvalue weighted by Gasteiger charge is 2.54. The molecule has 9 heteroatoms. The number of aliphatic hydroxyl groups is 2. The number of benzene rings is 1. The van der Waals surface area contributed by atoms with E-state index in [9.17, 15) is 24.6 Å². The minimum absolute atomic E-state index is 0.0877. The Hall–Kier alpha value is -2.49. The van der Waals surface area contributed by atoms with E-state index in [2.05, 4.69) is 16.0 Å². The van der Waals surface area contributed by atoms with Crippen LogP contribution >= 0.6 is 0 Å². The molecule has 0 spiro atoms. The van der Waals surface area contributed by atoms with Crippen LogP contribution in [0, 0.1) is 5.92 Å². The molecule has 1 heterocycles. The van der Waals surface area contributed by atoms with E-state index in [0.29, 0.717) is 18.5 Å². The van der Waals surface area contributed by atoms with Gasteiger partial charge in [0.1, 0.15) is 6.04 Å². The lowest BCUT2D eigenvalue weighted by molar-refractivity contribution is -0.133. The highest BCUT2D eigenvalue weighted by Crippen LogP contribution is 2.30. The van der Waals surface area contributed by atoms with Crippen molar-refractivity contribution in [2.24, 2.45) is 5.92 Å². The van der Waals surface area contributed by atoms with Gasteiger partial charge in [-0.25, -0.2) is 0 Å². The lowest BCUT2D eigenvalue weighted by Gasteiger charge is -2.24. The number of aliphatic hydroxyl groups excluding tert-OH is 2. The highest BCUT2D eigenvalue weighted by atomic mass is 16.6. The SMILES string of the molecule is CCNc1cccc(C(=O)N[C@@H](CO)C(=O)N[C@@H](CC(C)C)C(=O)C2(CO)CO2)c1. The van der Waals surface area contributed by atoms with Crippen molar-refractivity contribution in [3.05, 3.63) is 29.8 Å². The predicted octanol–water partition coefficient (Wildman–Crippen LogP) is 0.0704. The second-order valence-electron chi connectivity index (χ2n) is 7.82. The summed E-state index contributed by atoms with van der Waals surface area (Å²) in [7, 11) is 0. The van der Waals surface area contributed by atoms with Crippen LogP contribution in [-0.4, -0.2) is 71.9 Å². The Bertz CT molecular complexity index is 763. The van der Waals surface area contributed by atoms with E-state index in [1.807, 2.05) is 26.8 Å². The van der Waals surface area contributed by atoms with Crippen LogP contribution in [0.15, 0.2) is 24.3 Å². The summed E-state index contributed by atoms with van der Waals surface area (Å²) < 4.78 is 5.12. The average molecular weight is 421 g/mol. The van der Waals surface area contributed by atoms with E-state index in [1.54, 1.807) is 18.2 Å². The van der Waals surface area contributed by atoms with Crippen LogP contribution in [0.4, 0.5) is 5.69 Å². The largest absolute Gasteiger partial charge is 0.394 e. The van der Waals surface area contributed by atoms with Gasteiger partial charge in [0.15, 0.2) is 11.4 Å². The molecule has 0 saturated carbocycles. The monoisotopic (exact) mass is 421 g/mol. The quantitative estimate of drug-likeness (QED) is 0.301. The molecule has 1 aliphatic rings. The zero-order valence-corrected chi connectivity index (χ0v) is 17.6. The van der Waals surface area contributed by atoms with E-state index in [-0.39, 0.29) is 12.5 Å². The smallest absolute Gasteiger partial charge is 0.252 e. The lowest BCUT2D eigenvalue weighted by Crippen LogP contribution is -2.55. The van der Waals surface area contributed by atoms with E-state index in [0.717, 1.165) is 5.69 Å². The minimum atomic E-state index is -1.27. The predicted molar refractivity (Wildman–Crippen MR) is 111 cm³/mol. The van der Waals surface area contributed by atoms with Crippen molar-refractivity contribution in [3.63, 3.8) is 0 Å². The van der Waals surface area contributed by atoms with Gasteiger partial charge in [0.25, 0.3) is 5.91 Å². The second kappa shape index (κ2) is 10.5. The number of anilines is 1. The first-order valence-electron chi connectivity index (χ1n) is 10.1. The number of epoxide rings is 1. The molecule has 1 unspecified atom stereocenters. The molecule has 0 bridgehead atoms. The van der Waals surface area contributed by atoms with Crippen LogP contribution in [-0.2, 0) is 14.3 Å². The van der Waals surface area contributed by atoms with Crippen molar-refractivity contribution < 1.29 is 29.3 Å². The number of amides is 2. The van der Waals surface area contributed by atoms with Gasteiger partial charge in [0, 0.05) is 17.8 Å². The molecule has 0 aromatic heterocycles. The maximum absolute atomic E-state index is 12.7. The van der Waals surface area contributed by atoms with Crippen LogP contribution in [0.25, 0.3) is 0 Å². The molecule has 2 amide bonds. The Morgan fingerprint density at radius 1 is 1.17 bits per heavy atom. The average Bonchev–Trinajstić information content (AvgIpc) is 3.52. The summed E-state index contributed by atoms with van der Waals surface area (Å²) >= 11 is 0. The zero-order valence-electron chi connectivity index (χ0n) is 17.6. The molecule has 0 radical (unpaired) electrons. The minimum Gasteiger partial charge on any atom is -0.394 e. The first kappa shape index (κ1) is 23.8. The van der Waals surface area contributed by atoms with Gasteiger partial charge in [-0.1, -0.05) is 19.9 Å². The molecule has 3 atom stereocenters. The molecule has 30 heavy (non-hydrogen) atoms. The van der Waals surface area contributed by atoms with Crippen LogP contribution in [0.1, 0.15) is 37.6 Å². The first-order valence-corrected chi connectivity index (χ1v) is 10.1. The second-order valence-corrected chi connectivity index (χ2v) is 7.82. The van der Waals surface area contributed by atoms with Gasteiger partial charge in [-0.2, -0.15) is 0 Å². The van der Waals surface area contributed by atoms with Crippen LogP contribution in [0.3, 0.4) is 0 Å². The van der Waals surface area contributed by atoms with E-state index < -0.39 is 48.5 Å². The molecular weight excluding hydrogens is 390 g/mol. The molecule has 1 aromatic carbocycles. The van der Waals surface area contributed by atoms with Gasteiger partial charge in [0.2, 0.25) is 5.91 Å². The van der Waals surface area contributed by atoms with Crippen molar-refractivity contribution in [1.82, 2.24) is 10.6 Å². The molecule has 9 nitrogen and oxygen atoms in total.